The number of hydrogen-bond donors (Lipinski definition) is 3. The van der Waals surface area contributed by atoms with E-state index in [1.165, 1.54) is 7.11 Å². The molecule has 59 heavy (non-hydrogen) atoms. The van der Waals surface area contributed by atoms with Crippen LogP contribution < -0.4 is 5.32 Å². The highest BCUT2D eigenvalue weighted by molar-refractivity contribution is 6.31. The number of halogens is 1. The molecule has 0 unspecified atom stereocenters. The maximum absolute atomic E-state index is 14.0. The van der Waals surface area contributed by atoms with Crippen LogP contribution in [0.1, 0.15) is 72.6 Å². The van der Waals surface area contributed by atoms with E-state index in [1.54, 1.807) is 35.4 Å². The van der Waals surface area contributed by atoms with Crippen molar-refractivity contribution < 1.29 is 19.1 Å². The average Bonchev–Trinajstić information content (AvgIpc) is 4.11. The van der Waals surface area contributed by atoms with Crippen molar-refractivity contribution in [2.24, 2.45) is 0 Å². The Morgan fingerprint density at radius 3 is 1.71 bits per heavy atom. The van der Waals surface area contributed by atoms with Crippen molar-refractivity contribution in [1.82, 2.24) is 40.0 Å². The second-order valence-corrected chi connectivity index (χ2v) is 15.7. The Balaban J connectivity index is 0.933. The lowest BCUT2D eigenvalue weighted by Gasteiger charge is -2.31. The molecule has 0 bridgehead atoms. The highest BCUT2D eigenvalue weighted by Gasteiger charge is 2.39. The smallest absolute Gasteiger partial charge is 0.407 e. The molecule has 2 aliphatic heterocycles. The Labute approximate surface area is 348 Å². The third kappa shape index (κ3) is 8.23. The molecule has 0 spiro atoms. The van der Waals surface area contributed by atoms with Gasteiger partial charge < -0.3 is 29.8 Å². The van der Waals surface area contributed by atoms with Crippen molar-refractivity contribution in [1.29, 1.82) is 0 Å². The first-order valence-electron chi connectivity index (χ1n) is 19.9. The molecule has 2 aliphatic rings. The molecule has 2 aromatic heterocycles. The van der Waals surface area contributed by atoms with E-state index in [-0.39, 0.29) is 29.9 Å². The van der Waals surface area contributed by atoms with Gasteiger partial charge in [-0.05, 0) is 73.7 Å². The number of rotatable bonds is 11. The highest BCUT2D eigenvalue weighted by Crippen LogP contribution is 2.37. The van der Waals surface area contributed by atoms with Crippen molar-refractivity contribution in [2.75, 3.05) is 34.3 Å². The van der Waals surface area contributed by atoms with E-state index < -0.39 is 12.1 Å². The Bertz CT molecular complexity index is 2410. The standard InChI is InChI=1S/C46H47ClN8O4/c1-53(2)41(33-11-5-4-6-12-33)45(57)55-26-10-16-39(55)43-49-28-37(51-43)32-23-19-30(20-24-32)29-17-21-31(22-18-29)36-27-48-42(50-36)38-15-9-25-54(38)44(56)40(52-46(58)59-3)34-13-7-8-14-35(34)47/h4-8,11-14,17-24,27-28,38-41H,9-10,15-16,25-26H2,1-3H3,(H,48,50)(H,49,51)(H,52,58)/t38-,39-,40+,41+/m0/s1. The van der Waals surface area contributed by atoms with Crippen LogP contribution in [-0.4, -0.2) is 86.8 Å². The van der Waals surface area contributed by atoms with E-state index in [1.807, 2.05) is 60.4 Å². The molecule has 4 atom stereocenters. The van der Waals surface area contributed by atoms with Gasteiger partial charge in [-0.25, -0.2) is 14.8 Å². The minimum atomic E-state index is -1.01. The Hall–Kier alpha value is -6.24. The van der Waals surface area contributed by atoms with Crippen LogP contribution in [0.15, 0.2) is 116 Å². The fourth-order valence-electron chi connectivity index (χ4n) is 8.40. The zero-order chi connectivity index (χ0) is 41.0. The number of nitrogens with zero attached hydrogens (tertiary/aromatic N) is 5. The summed E-state index contributed by atoms with van der Waals surface area (Å²) in [5, 5.41) is 3.05. The number of hydrogen-bond acceptors (Lipinski definition) is 7. The van der Waals surface area contributed by atoms with Crippen LogP contribution in [-0.2, 0) is 14.3 Å². The Kier molecular flexibility index (Phi) is 11.6. The van der Waals surface area contributed by atoms with Crippen molar-refractivity contribution in [3.05, 3.63) is 143 Å². The number of imidazole rings is 2. The molecule has 8 rings (SSSR count). The predicted molar refractivity (Wildman–Crippen MR) is 227 cm³/mol. The van der Waals surface area contributed by atoms with Crippen molar-refractivity contribution in [3.63, 3.8) is 0 Å². The molecular weight excluding hydrogens is 764 g/mol. The summed E-state index contributed by atoms with van der Waals surface area (Å²) in [6.07, 6.45) is 6.25. The van der Waals surface area contributed by atoms with Gasteiger partial charge in [-0.1, -0.05) is 109 Å². The van der Waals surface area contributed by atoms with Crippen LogP contribution in [0.25, 0.3) is 33.6 Å². The molecule has 4 heterocycles. The predicted octanol–water partition coefficient (Wildman–Crippen LogP) is 8.51. The second-order valence-electron chi connectivity index (χ2n) is 15.3. The summed E-state index contributed by atoms with van der Waals surface area (Å²) in [4.78, 5) is 62.4. The van der Waals surface area contributed by atoms with E-state index in [4.69, 9.17) is 26.3 Å². The van der Waals surface area contributed by atoms with E-state index in [0.717, 1.165) is 70.7 Å². The highest BCUT2D eigenvalue weighted by atomic mass is 35.5. The number of benzene rings is 4. The fourth-order valence-corrected chi connectivity index (χ4v) is 8.64. The molecule has 2 saturated heterocycles. The molecule has 2 fully saturated rings. The Morgan fingerprint density at radius 1 is 0.712 bits per heavy atom. The molecule has 12 nitrogen and oxygen atoms in total. The summed E-state index contributed by atoms with van der Waals surface area (Å²) in [5.74, 6) is 1.30. The van der Waals surface area contributed by atoms with Crippen LogP contribution in [0.3, 0.4) is 0 Å². The van der Waals surface area contributed by atoms with Gasteiger partial charge in [-0.3, -0.25) is 14.5 Å². The summed E-state index contributed by atoms with van der Waals surface area (Å²) in [6, 6.07) is 31.8. The number of carbonyl (C=O) groups excluding carboxylic acids is 3. The molecule has 4 aromatic carbocycles. The van der Waals surface area contributed by atoms with Gasteiger partial charge in [0.05, 0.1) is 43.0 Å². The largest absolute Gasteiger partial charge is 0.453 e. The van der Waals surface area contributed by atoms with Crippen LogP contribution in [0.2, 0.25) is 5.02 Å². The SMILES string of the molecule is COC(=O)N[C@@H](C(=O)N1CCC[C@H]1c1ncc(-c2ccc(-c3ccc(-c4cnc([C@@H]5CCCN5C(=O)[C@@H](c5ccccc5)N(C)C)[nH]4)cc3)cc2)[nH]1)c1ccccc1Cl. The van der Waals surface area contributed by atoms with Crippen LogP contribution in [0, 0.1) is 0 Å². The molecule has 0 aliphatic carbocycles. The lowest BCUT2D eigenvalue weighted by molar-refractivity contribution is -0.137. The summed E-state index contributed by atoms with van der Waals surface area (Å²) in [6.45, 7) is 1.22. The number of methoxy groups -OCH3 is 1. The number of aromatic nitrogens is 4. The molecule has 302 valence electrons. The first kappa shape index (κ1) is 39.6. The number of amides is 3. The molecule has 0 radical (unpaired) electrons. The van der Waals surface area contributed by atoms with E-state index in [9.17, 15) is 14.4 Å². The molecule has 6 aromatic rings. The fraction of sp³-hybridized carbons (Fsp3) is 0.283. The number of H-pyrrole nitrogens is 2. The van der Waals surface area contributed by atoms with Crippen molar-refractivity contribution in [3.8, 4) is 33.6 Å². The molecule has 0 saturated carbocycles. The van der Waals surface area contributed by atoms with Crippen molar-refractivity contribution in [2.45, 2.75) is 49.9 Å². The minimum Gasteiger partial charge on any atom is -0.453 e. The molecule has 3 N–H and O–H groups in total. The summed E-state index contributed by atoms with van der Waals surface area (Å²) in [7, 11) is 5.16. The van der Waals surface area contributed by atoms with Gasteiger partial charge in [-0.2, -0.15) is 0 Å². The summed E-state index contributed by atoms with van der Waals surface area (Å²) >= 11 is 6.47. The number of likely N-dealkylation sites (tertiary alicyclic amines) is 2. The van der Waals surface area contributed by atoms with Crippen molar-refractivity contribution >= 4 is 29.5 Å². The second kappa shape index (κ2) is 17.3. The van der Waals surface area contributed by atoms with Crippen LogP contribution in [0.5, 0.6) is 0 Å². The van der Waals surface area contributed by atoms with E-state index in [0.29, 0.717) is 29.5 Å². The third-order valence-corrected chi connectivity index (χ3v) is 11.7. The van der Waals surface area contributed by atoms with Gasteiger partial charge >= 0.3 is 6.09 Å². The number of likely N-dealkylation sites (N-methyl/N-ethyl adjacent to an activating group) is 1. The van der Waals surface area contributed by atoms with Crippen LogP contribution in [0.4, 0.5) is 4.79 Å². The van der Waals surface area contributed by atoms with Gasteiger partial charge in [0.2, 0.25) is 5.91 Å². The first-order chi connectivity index (χ1) is 28.7. The zero-order valence-electron chi connectivity index (χ0n) is 33.3. The van der Waals surface area contributed by atoms with Gasteiger partial charge in [0.25, 0.3) is 5.91 Å². The molecule has 3 amide bonds. The third-order valence-electron chi connectivity index (χ3n) is 11.4. The maximum Gasteiger partial charge on any atom is 0.407 e. The minimum absolute atomic E-state index is 0.0899. The number of ether oxygens (including phenoxy) is 1. The summed E-state index contributed by atoms with van der Waals surface area (Å²) in [5.41, 5.74) is 7.34. The number of aromatic amines is 2. The molecule has 13 heteroatoms. The normalized spacial score (nSPS) is 17.6. The van der Waals surface area contributed by atoms with Gasteiger partial charge in [0.15, 0.2) is 0 Å². The average molecular weight is 811 g/mol. The van der Waals surface area contributed by atoms with Gasteiger partial charge in [0.1, 0.15) is 23.7 Å². The van der Waals surface area contributed by atoms with Gasteiger partial charge in [0, 0.05) is 23.7 Å². The lowest BCUT2D eigenvalue weighted by atomic mass is 10.0. The monoisotopic (exact) mass is 810 g/mol. The van der Waals surface area contributed by atoms with Gasteiger partial charge in [-0.15, -0.1) is 0 Å². The van der Waals surface area contributed by atoms with Crippen LogP contribution >= 0.6 is 11.6 Å². The Morgan fingerprint density at radius 2 is 1.20 bits per heavy atom. The number of nitrogens with one attached hydrogen (secondary N) is 3. The first-order valence-corrected chi connectivity index (χ1v) is 20.3. The zero-order valence-corrected chi connectivity index (χ0v) is 34.0. The maximum atomic E-state index is 14.0. The number of alkyl carbamates (subject to hydrolysis) is 1. The lowest BCUT2D eigenvalue weighted by Crippen LogP contribution is -2.43. The number of carbonyl (C=O) groups is 3. The van der Waals surface area contributed by atoms with E-state index in [2.05, 4.69) is 63.8 Å². The molecular formula is C46H47ClN8O4. The van der Waals surface area contributed by atoms with E-state index >= 15 is 0 Å². The topological polar surface area (TPSA) is 140 Å². The summed E-state index contributed by atoms with van der Waals surface area (Å²) < 4.78 is 4.83. The quantitative estimate of drug-likeness (QED) is 0.119.